The number of hydrogen-bond acceptors (Lipinski definition) is 1. The number of rotatable bonds is 6. The molecule has 0 amide bonds. The zero-order valence-corrected chi connectivity index (χ0v) is 13.1. The summed E-state index contributed by atoms with van der Waals surface area (Å²) in [5, 5.41) is 0. The lowest BCUT2D eigenvalue weighted by Gasteiger charge is -2.26. The SMILES string of the molecule is CCCCN=C(N=C(N)N)N(CCc1ccccc1)C(F)(F)F. The van der Waals surface area contributed by atoms with Crippen LogP contribution >= 0.6 is 0 Å². The molecule has 0 aromatic heterocycles. The van der Waals surface area contributed by atoms with E-state index < -0.39 is 18.2 Å². The Labute approximate surface area is 133 Å². The Morgan fingerprint density at radius 3 is 2.35 bits per heavy atom. The molecule has 23 heavy (non-hydrogen) atoms. The second-order valence-electron chi connectivity index (χ2n) is 4.93. The Bertz CT molecular complexity index is 522. The van der Waals surface area contributed by atoms with Crippen LogP contribution in [0.15, 0.2) is 40.3 Å². The Morgan fingerprint density at radius 1 is 1.17 bits per heavy atom. The number of nitrogens with zero attached hydrogens (tertiary/aromatic N) is 3. The van der Waals surface area contributed by atoms with Gasteiger partial charge in [0.1, 0.15) is 0 Å². The molecule has 0 atom stereocenters. The number of halogens is 3. The summed E-state index contributed by atoms with van der Waals surface area (Å²) in [6.45, 7) is 1.85. The van der Waals surface area contributed by atoms with Gasteiger partial charge in [-0.2, -0.15) is 4.99 Å². The van der Waals surface area contributed by atoms with Crippen molar-refractivity contribution in [3.05, 3.63) is 35.9 Å². The van der Waals surface area contributed by atoms with Crippen LogP contribution in [0.2, 0.25) is 0 Å². The van der Waals surface area contributed by atoms with Gasteiger partial charge in [-0.1, -0.05) is 43.7 Å². The van der Waals surface area contributed by atoms with Gasteiger partial charge in [0, 0.05) is 13.1 Å². The van der Waals surface area contributed by atoms with Gasteiger partial charge in [-0.3, -0.25) is 9.89 Å². The standard InChI is InChI=1S/C15H22F3N5/c1-2-3-10-21-14(22-13(19)20)23(15(16,17)18)11-9-12-7-5-4-6-8-12/h4-8H,2-3,9-11H2,1H3,(H4,19,20,21,22). The van der Waals surface area contributed by atoms with Crippen molar-refractivity contribution >= 4 is 11.9 Å². The van der Waals surface area contributed by atoms with Gasteiger partial charge in [-0.25, -0.2) is 0 Å². The molecule has 1 aromatic rings. The molecule has 0 aliphatic rings. The first kappa shape index (κ1) is 18.8. The van der Waals surface area contributed by atoms with Crippen LogP contribution in [0.25, 0.3) is 0 Å². The minimum absolute atomic E-state index is 0.176. The predicted molar refractivity (Wildman–Crippen MR) is 85.9 cm³/mol. The number of alkyl halides is 3. The van der Waals surface area contributed by atoms with E-state index in [1.165, 1.54) is 0 Å². The number of unbranched alkanes of at least 4 members (excludes halogenated alkanes) is 1. The monoisotopic (exact) mass is 329 g/mol. The molecule has 0 aliphatic heterocycles. The Kier molecular flexibility index (Phi) is 7.37. The molecule has 0 aliphatic carbocycles. The summed E-state index contributed by atoms with van der Waals surface area (Å²) in [6.07, 6.45) is -2.94. The fourth-order valence-electron chi connectivity index (χ4n) is 1.86. The van der Waals surface area contributed by atoms with E-state index in [-0.39, 0.29) is 24.4 Å². The molecule has 0 unspecified atom stereocenters. The van der Waals surface area contributed by atoms with Crippen LogP contribution < -0.4 is 11.5 Å². The number of aliphatic imine (C=N–C) groups is 2. The molecular weight excluding hydrogens is 307 g/mol. The van der Waals surface area contributed by atoms with E-state index in [0.717, 1.165) is 12.0 Å². The summed E-state index contributed by atoms with van der Waals surface area (Å²) in [4.78, 5) is 7.64. The highest BCUT2D eigenvalue weighted by molar-refractivity contribution is 5.93. The summed E-state index contributed by atoms with van der Waals surface area (Å²) in [7, 11) is 0. The molecular formula is C15H22F3N5. The van der Waals surface area contributed by atoms with Crippen LogP contribution in [0.1, 0.15) is 25.3 Å². The second kappa shape index (κ2) is 9.02. The van der Waals surface area contributed by atoms with Crippen molar-refractivity contribution in [1.82, 2.24) is 4.90 Å². The van der Waals surface area contributed by atoms with Crippen molar-refractivity contribution in [2.24, 2.45) is 21.5 Å². The highest BCUT2D eigenvalue weighted by atomic mass is 19.4. The van der Waals surface area contributed by atoms with Gasteiger partial charge >= 0.3 is 6.30 Å². The number of nitrogens with two attached hydrogens (primary N) is 2. The van der Waals surface area contributed by atoms with E-state index in [4.69, 9.17) is 11.5 Å². The average Bonchev–Trinajstić information content (AvgIpc) is 2.46. The van der Waals surface area contributed by atoms with Crippen LogP contribution in [0.4, 0.5) is 13.2 Å². The minimum Gasteiger partial charge on any atom is -0.370 e. The van der Waals surface area contributed by atoms with Crippen molar-refractivity contribution in [3.8, 4) is 0 Å². The first-order valence-corrected chi connectivity index (χ1v) is 7.37. The Balaban J connectivity index is 2.96. The zero-order chi connectivity index (χ0) is 17.3. The van der Waals surface area contributed by atoms with Crippen molar-refractivity contribution in [2.75, 3.05) is 13.1 Å². The van der Waals surface area contributed by atoms with Crippen LogP contribution in [0.5, 0.6) is 0 Å². The average molecular weight is 329 g/mol. The number of hydrogen-bond donors (Lipinski definition) is 2. The van der Waals surface area contributed by atoms with Gasteiger partial charge < -0.3 is 11.5 Å². The quantitative estimate of drug-likeness (QED) is 0.364. The number of guanidine groups is 2. The molecule has 128 valence electrons. The molecule has 8 heteroatoms. The zero-order valence-electron chi connectivity index (χ0n) is 13.1. The lowest BCUT2D eigenvalue weighted by Crippen LogP contribution is -2.44. The van der Waals surface area contributed by atoms with Crippen molar-refractivity contribution in [1.29, 1.82) is 0 Å². The predicted octanol–water partition coefficient (Wildman–Crippen LogP) is 2.48. The largest absolute Gasteiger partial charge is 0.487 e. The number of benzene rings is 1. The Morgan fingerprint density at radius 2 is 1.83 bits per heavy atom. The van der Waals surface area contributed by atoms with E-state index in [2.05, 4.69) is 9.98 Å². The van der Waals surface area contributed by atoms with E-state index in [1.807, 2.05) is 13.0 Å². The molecule has 5 nitrogen and oxygen atoms in total. The lowest BCUT2D eigenvalue weighted by atomic mass is 10.1. The molecule has 1 rings (SSSR count). The summed E-state index contributed by atoms with van der Waals surface area (Å²) in [6, 6.07) is 8.90. The first-order chi connectivity index (χ1) is 10.8. The fourth-order valence-corrected chi connectivity index (χ4v) is 1.86. The van der Waals surface area contributed by atoms with Gasteiger partial charge in [0.05, 0.1) is 0 Å². The third-order valence-electron chi connectivity index (χ3n) is 3.01. The van der Waals surface area contributed by atoms with Gasteiger partial charge in [0.25, 0.3) is 0 Å². The summed E-state index contributed by atoms with van der Waals surface area (Å²) >= 11 is 0. The van der Waals surface area contributed by atoms with Gasteiger partial charge in [-0.05, 0) is 18.4 Å². The molecule has 0 saturated carbocycles. The molecule has 0 bridgehead atoms. The summed E-state index contributed by atoms with van der Waals surface area (Å²) < 4.78 is 40.0. The molecule has 0 spiro atoms. The lowest BCUT2D eigenvalue weighted by molar-refractivity contribution is -0.217. The van der Waals surface area contributed by atoms with E-state index in [1.54, 1.807) is 24.3 Å². The third kappa shape index (κ3) is 7.03. The van der Waals surface area contributed by atoms with Gasteiger partial charge in [0.15, 0.2) is 5.96 Å². The smallest absolute Gasteiger partial charge is 0.370 e. The molecule has 4 N–H and O–H groups in total. The maximum Gasteiger partial charge on any atom is 0.487 e. The molecule has 0 heterocycles. The third-order valence-corrected chi connectivity index (χ3v) is 3.01. The molecule has 0 saturated heterocycles. The topological polar surface area (TPSA) is 80.0 Å². The van der Waals surface area contributed by atoms with E-state index in [9.17, 15) is 13.2 Å². The second-order valence-corrected chi connectivity index (χ2v) is 4.93. The maximum absolute atomic E-state index is 13.3. The summed E-state index contributed by atoms with van der Waals surface area (Å²) in [5.41, 5.74) is 11.3. The molecule has 0 radical (unpaired) electrons. The van der Waals surface area contributed by atoms with Crippen molar-refractivity contribution < 1.29 is 13.2 Å². The minimum atomic E-state index is -4.61. The summed E-state index contributed by atoms with van der Waals surface area (Å²) in [5.74, 6) is -0.948. The van der Waals surface area contributed by atoms with Crippen LogP contribution in [-0.2, 0) is 6.42 Å². The van der Waals surface area contributed by atoms with E-state index >= 15 is 0 Å². The fraction of sp³-hybridized carbons (Fsp3) is 0.467. The van der Waals surface area contributed by atoms with Gasteiger partial charge in [-0.15, -0.1) is 13.2 Å². The molecule has 0 fully saturated rings. The maximum atomic E-state index is 13.3. The van der Waals surface area contributed by atoms with Crippen molar-refractivity contribution in [3.63, 3.8) is 0 Å². The van der Waals surface area contributed by atoms with Crippen molar-refractivity contribution in [2.45, 2.75) is 32.5 Å². The highest BCUT2D eigenvalue weighted by Gasteiger charge is 2.39. The first-order valence-electron chi connectivity index (χ1n) is 7.37. The normalized spacial score (nSPS) is 12.1. The van der Waals surface area contributed by atoms with Gasteiger partial charge in [0.2, 0.25) is 5.96 Å². The Hall–Kier alpha value is -2.25. The van der Waals surface area contributed by atoms with Crippen LogP contribution in [-0.4, -0.2) is 36.2 Å². The molecule has 1 aromatic carbocycles. The van der Waals surface area contributed by atoms with Crippen LogP contribution in [0, 0.1) is 0 Å². The van der Waals surface area contributed by atoms with E-state index in [0.29, 0.717) is 6.42 Å². The highest BCUT2D eigenvalue weighted by Crippen LogP contribution is 2.23. The van der Waals surface area contributed by atoms with Crippen LogP contribution in [0.3, 0.4) is 0 Å².